The van der Waals surface area contributed by atoms with Gasteiger partial charge < -0.3 is 14.8 Å². The third-order valence-electron chi connectivity index (χ3n) is 3.21. The van der Waals surface area contributed by atoms with Gasteiger partial charge in [-0.2, -0.15) is 0 Å². The Kier molecular flexibility index (Phi) is 4.71. The zero-order valence-corrected chi connectivity index (χ0v) is 11.0. The summed E-state index contributed by atoms with van der Waals surface area (Å²) in [4.78, 5) is 0. The molecule has 0 unspecified atom stereocenters. The van der Waals surface area contributed by atoms with Gasteiger partial charge in [-0.1, -0.05) is 19.1 Å². The van der Waals surface area contributed by atoms with Gasteiger partial charge in [0.2, 0.25) is 0 Å². The van der Waals surface area contributed by atoms with Crippen LogP contribution in [0.15, 0.2) is 40.8 Å². The predicted molar refractivity (Wildman–Crippen MR) is 70.9 cm³/mol. The normalized spacial score (nSPS) is 12.6. The minimum absolute atomic E-state index is 0.150. The van der Waals surface area contributed by atoms with E-state index >= 15 is 0 Å². The molecule has 0 bridgehead atoms. The summed E-state index contributed by atoms with van der Waals surface area (Å²) in [5, 5.41) is 11.1. The van der Waals surface area contributed by atoms with Gasteiger partial charge in [-0.25, -0.2) is 4.39 Å². The summed E-state index contributed by atoms with van der Waals surface area (Å²) in [6, 6.07) is 10.4. The number of aliphatic hydroxyl groups excluding tert-OH is 1. The average Bonchev–Trinajstić information content (AvgIpc) is 2.89. The zero-order chi connectivity index (χ0) is 13.7. The van der Waals surface area contributed by atoms with Crippen molar-refractivity contribution in [2.24, 2.45) is 0 Å². The molecule has 3 N–H and O–H groups in total. The molecule has 4 heteroatoms. The van der Waals surface area contributed by atoms with Crippen molar-refractivity contribution in [3.05, 3.63) is 48.0 Å². The van der Waals surface area contributed by atoms with Crippen LogP contribution in [0, 0.1) is 5.82 Å². The molecule has 0 amide bonds. The molecule has 0 saturated heterocycles. The average molecular weight is 264 g/mol. The van der Waals surface area contributed by atoms with Crippen LogP contribution in [0.3, 0.4) is 0 Å². The molecule has 2 aromatic rings. The minimum Gasteiger partial charge on any atom is -0.455 e. The topological polar surface area (TPSA) is 50.0 Å². The quantitative estimate of drug-likeness (QED) is 0.837. The molecule has 3 nitrogen and oxygen atoms in total. The second-order valence-electron chi connectivity index (χ2n) is 4.54. The number of benzene rings is 1. The van der Waals surface area contributed by atoms with Crippen molar-refractivity contribution in [3.63, 3.8) is 0 Å². The van der Waals surface area contributed by atoms with Crippen molar-refractivity contribution >= 4 is 0 Å². The first-order chi connectivity index (χ1) is 9.24. The van der Waals surface area contributed by atoms with Gasteiger partial charge in [-0.15, -0.1) is 0 Å². The van der Waals surface area contributed by atoms with Gasteiger partial charge in [0.25, 0.3) is 0 Å². The molecule has 0 aliphatic heterocycles. The van der Waals surface area contributed by atoms with Crippen molar-refractivity contribution in [3.8, 4) is 11.3 Å². The maximum atomic E-state index is 13.6. The van der Waals surface area contributed by atoms with Gasteiger partial charge in [0, 0.05) is 0 Å². The van der Waals surface area contributed by atoms with Gasteiger partial charge in [0.15, 0.2) is 5.76 Å². The number of aliphatic hydroxyl groups is 1. The van der Waals surface area contributed by atoms with Crippen LogP contribution in [-0.2, 0) is 6.54 Å². The number of hydrogen-bond donors (Lipinski definition) is 2. The van der Waals surface area contributed by atoms with Gasteiger partial charge in [-0.05, 0) is 30.7 Å². The van der Waals surface area contributed by atoms with E-state index in [0.717, 1.165) is 12.2 Å². The number of furan rings is 1. The van der Waals surface area contributed by atoms with E-state index in [1.165, 1.54) is 6.07 Å². The van der Waals surface area contributed by atoms with E-state index in [4.69, 9.17) is 9.52 Å². The monoisotopic (exact) mass is 264 g/mol. The second-order valence-corrected chi connectivity index (χ2v) is 4.54. The minimum atomic E-state index is -0.283. The molecule has 0 aliphatic rings. The summed E-state index contributed by atoms with van der Waals surface area (Å²) in [5.41, 5.74) is 0.475. The molecule has 19 heavy (non-hydrogen) atoms. The van der Waals surface area contributed by atoms with E-state index in [9.17, 15) is 4.39 Å². The van der Waals surface area contributed by atoms with Gasteiger partial charge in [0.1, 0.15) is 24.2 Å². The van der Waals surface area contributed by atoms with E-state index in [1.54, 1.807) is 24.3 Å². The Morgan fingerprint density at radius 2 is 2.05 bits per heavy atom. The fraction of sp³-hybridized carbons (Fsp3) is 0.333. The van der Waals surface area contributed by atoms with Crippen LogP contribution < -0.4 is 5.32 Å². The lowest BCUT2D eigenvalue weighted by Crippen LogP contribution is -2.89. The summed E-state index contributed by atoms with van der Waals surface area (Å²) in [6.07, 6.45) is 0.900. The largest absolute Gasteiger partial charge is 0.455 e. The molecule has 0 saturated carbocycles. The van der Waals surface area contributed by atoms with E-state index < -0.39 is 0 Å². The highest BCUT2D eigenvalue weighted by Crippen LogP contribution is 2.24. The third-order valence-corrected chi connectivity index (χ3v) is 3.21. The Morgan fingerprint density at radius 1 is 1.26 bits per heavy atom. The fourth-order valence-electron chi connectivity index (χ4n) is 1.95. The van der Waals surface area contributed by atoms with Crippen molar-refractivity contribution in [2.75, 3.05) is 6.61 Å². The Morgan fingerprint density at radius 3 is 2.74 bits per heavy atom. The van der Waals surface area contributed by atoms with E-state index in [-0.39, 0.29) is 18.5 Å². The molecule has 102 valence electrons. The number of halogens is 1. The molecule has 0 radical (unpaired) electrons. The number of quaternary nitrogens is 1. The maximum absolute atomic E-state index is 13.6. The number of hydrogen-bond acceptors (Lipinski definition) is 2. The smallest absolute Gasteiger partial charge is 0.158 e. The third kappa shape index (κ3) is 3.43. The van der Waals surface area contributed by atoms with Gasteiger partial charge >= 0.3 is 0 Å². The van der Waals surface area contributed by atoms with Crippen molar-refractivity contribution in [2.45, 2.75) is 25.9 Å². The standard InChI is InChI=1S/C15H18FNO2/c1-2-11(10-18)17-9-12-7-8-15(19-12)13-5-3-4-6-14(13)16/h3-8,11,17-18H,2,9-10H2,1H3/p+1/t11-/m1/s1. The molecule has 0 spiro atoms. The van der Waals surface area contributed by atoms with Gasteiger partial charge in [-0.3, -0.25) is 0 Å². The Labute approximate surface area is 112 Å². The molecule has 1 atom stereocenters. The SMILES string of the molecule is CC[C@H](CO)[NH2+]Cc1ccc(-c2ccccc2F)o1. The number of nitrogens with two attached hydrogens (primary N) is 1. The highest BCUT2D eigenvalue weighted by molar-refractivity contribution is 5.58. The summed E-state index contributed by atoms with van der Waals surface area (Å²) >= 11 is 0. The van der Waals surface area contributed by atoms with E-state index in [0.29, 0.717) is 17.9 Å². The van der Waals surface area contributed by atoms with Gasteiger partial charge in [0.05, 0.1) is 12.2 Å². The highest BCUT2D eigenvalue weighted by atomic mass is 19.1. The molecule has 1 aromatic carbocycles. The predicted octanol–water partition coefficient (Wildman–Crippen LogP) is 1.92. The molecular weight excluding hydrogens is 245 g/mol. The Hall–Kier alpha value is -1.65. The van der Waals surface area contributed by atoms with Crippen LogP contribution in [0.1, 0.15) is 19.1 Å². The highest BCUT2D eigenvalue weighted by Gasteiger charge is 2.12. The fourth-order valence-corrected chi connectivity index (χ4v) is 1.95. The molecule has 2 rings (SSSR count). The lowest BCUT2D eigenvalue weighted by Gasteiger charge is -2.08. The lowest BCUT2D eigenvalue weighted by atomic mass is 10.1. The first-order valence-corrected chi connectivity index (χ1v) is 6.52. The van der Waals surface area contributed by atoms with Crippen molar-refractivity contribution in [1.29, 1.82) is 0 Å². The first-order valence-electron chi connectivity index (χ1n) is 6.52. The molecule has 1 aromatic heterocycles. The van der Waals surface area contributed by atoms with Crippen molar-refractivity contribution in [1.82, 2.24) is 0 Å². The van der Waals surface area contributed by atoms with Crippen LogP contribution in [0.25, 0.3) is 11.3 Å². The summed E-state index contributed by atoms with van der Waals surface area (Å²) < 4.78 is 19.2. The van der Waals surface area contributed by atoms with Crippen LogP contribution in [0.5, 0.6) is 0 Å². The summed E-state index contributed by atoms with van der Waals surface area (Å²) in [5.74, 6) is 1.04. The molecule has 0 aliphatic carbocycles. The van der Waals surface area contributed by atoms with E-state index in [2.05, 4.69) is 0 Å². The summed E-state index contributed by atoms with van der Waals surface area (Å²) in [6.45, 7) is 2.83. The van der Waals surface area contributed by atoms with Crippen LogP contribution >= 0.6 is 0 Å². The number of rotatable bonds is 6. The summed E-state index contributed by atoms with van der Waals surface area (Å²) in [7, 11) is 0. The lowest BCUT2D eigenvalue weighted by molar-refractivity contribution is -0.707. The Balaban J connectivity index is 2.05. The second kappa shape index (κ2) is 6.50. The van der Waals surface area contributed by atoms with Crippen LogP contribution in [0.4, 0.5) is 4.39 Å². The molecule has 0 fully saturated rings. The zero-order valence-electron chi connectivity index (χ0n) is 11.0. The molecule has 1 heterocycles. The molecular formula is C15H19FNO2+. The van der Waals surface area contributed by atoms with Crippen molar-refractivity contribution < 1.29 is 19.2 Å². The van der Waals surface area contributed by atoms with E-state index in [1.807, 2.05) is 18.3 Å². The Bertz CT molecular complexity index is 520. The van der Waals surface area contributed by atoms with Crippen LogP contribution in [-0.4, -0.2) is 17.8 Å². The van der Waals surface area contributed by atoms with Crippen LogP contribution in [0.2, 0.25) is 0 Å². The maximum Gasteiger partial charge on any atom is 0.158 e. The first kappa shape index (κ1) is 13.8.